The lowest BCUT2D eigenvalue weighted by molar-refractivity contribution is 0.300. The number of ether oxygens (including phenoxy) is 1. The predicted molar refractivity (Wildman–Crippen MR) is 114 cm³/mol. The minimum absolute atomic E-state index is 0.132. The van der Waals surface area contributed by atoms with E-state index in [4.69, 9.17) is 10.6 Å². The number of hydrogen-bond acceptors (Lipinski definition) is 6. The summed E-state index contributed by atoms with van der Waals surface area (Å²) in [6.45, 7) is 2.99. The zero-order chi connectivity index (χ0) is 21.5. The van der Waals surface area contributed by atoms with Crippen molar-refractivity contribution < 1.29 is 9.13 Å². The molecule has 31 heavy (non-hydrogen) atoms. The van der Waals surface area contributed by atoms with Gasteiger partial charge in [-0.3, -0.25) is 14.3 Å². The van der Waals surface area contributed by atoms with Gasteiger partial charge < -0.3 is 15.9 Å². The Morgan fingerprint density at radius 2 is 2.16 bits per heavy atom. The first-order chi connectivity index (χ1) is 15.0. The fourth-order valence-electron chi connectivity index (χ4n) is 3.87. The van der Waals surface area contributed by atoms with Gasteiger partial charge in [0.2, 0.25) is 0 Å². The molecule has 0 bridgehead atoms. The van der Waals surface area contributed by atoms with Crippen molar-refractivity contribution in [2.75, 3.05) is 5.84 Å². The van der Waals surface area contributed by atoms with Crippen LogP contribution in [0.2, 0.25) is 0 Å². The number of halogens is 1. The van der Waals surface area contributed by atoms with E-state index in [9.17, 15) is 9.18 Å². The fraction of sp³-hybridized carbons (Fsp3) is 0.227. The standard InChI is InChI=1S/C22H21FN6O2/c1-13-8-19-18(11-25-13)17-4-5-20(27-22(17)29(19)24)28-7-6-16(9-21(28)30)31-12-15-3-2-14(23)10-26-15/h2-7,9-10,13,25H,8,11-12,24H2,1H3. The summed E-state index contributed by atoms with van der Waals surface area (Å²) >= 11 is 0. The highest BCUT2D eigenvalue weighted by molar-refractivity contribution is 5.83. The van der Waals surface area contributed by atoms with E-state index in [1.807, 2.05) is 12.1 Å². The van der Waals surface area contributed by atoms with E-state index in [0.29, 0.717) is 29.0 Å². The molecule has 5 rings (SSSR count). The summed E-state index contributed by atoms with van der Waals surface area (Å²) in [5, 5.41) is 4.43. The van der Waals surface area contributed by atoms with Crippen LogP contribution in [-0.4, -0.2) is 25.3 Å². The van der Waals surface area contributed by atoms with Crippen LogP contribution < -0.4 is 21.5 Å². The molecule has 0 radical (unpaired) electrons. The lowest BCUT2D eigenvalue weighted by Crippen LogP contribution is -2.34. The molecule has 4 aromatic heterocycles. The van der Waals surface area contributed by atoms with Gasteiger partial charge in [0, 0.05) is 42.4 Å². The van der Waals surface area contributed by atoms with Crippen LogP contribution in [0.15, 0.2) is 53.6 Å². The summed E-state index contributed by atoms with van der Waals surface area (Å²) in [7, 11) is 0. The van der Waals surface area contributed by atoms with E-state index in [2.05, 4.69) is 22.2 Å². The summed E-state index contributed by atoms with van der Waals surface area (Å²) in [4.78, 5) is 21.3. The lowest BCUT2D eigenvalue weighted by atomic mass is 10.0. The van der Waals surface area contributed by atoms with Gasteiger partial charge >= 0.3 is 0 Å². The maximum atomic E-state index is 12.9. The van der Waals surface area contributed by atoms with Crippen LogP contribution in [0.25, 0.3) is 16.9 Å². The molecule has 9 heteroatoms. The monoisotopic (exact) mass is 420 g/mol. The highest BCUT2D eigenvalue weighted by Crippen LogP contribution is 2.27. The van der Waals surface area contributed by atoms with Gasteiger partial charge in [0.1, 0.15) is 24.0 Å². The normalized spacial score (nSPS) is 15.7. The predicted octanol–water partition coefficient (Wildman–Crippen LogP) is 2.05. The number of rotatable bonds is 4. The molecule has 0 saturated heterocycles. The number of nitrogens with two attached hydrogens (primary N) is 1. The minimum Gasteiger partial charge on any atom is -0.487 e. The summed E-state index contributed by atoms with van der Waals surface area (Å²) in [6.07, 6.45) is 3.56. The second kappa shape index (κ2) is 7.51. The molecule has 158 valence electrons. The first-order valence-electron chi connectivity index (χ1n) is 9.97. The van der Waals surface area contributed by atoms with Crippen molar-refractivity contribution in [2.24, 2.45) is 0 Å². The number of fused-ring (bicyclic) bond motifs is 3. The van der Waals surface area contributed by atoms with E-state index in [0.717, 1.165) is 35.8 Å². The third-order valence-corrected chi connectivity index (χ3v) is 5.49. The molecule has 0 aliphatic carbocycles. The smallest absolute Gasteiger partial charge is 0.259 e. The highest BCUT2D eigenvalue weighted by Gasteiger charge is 2.23. The van der Waals surface area contributed by atoms with Crippen LogP contribution in [0.3, 0.4) is 0 Å². The summed E-state index contributed by atoms with van der Waals surface area (Å²) in [6, 6.07) is 10.0. The molecule has 4 aromatic rings. The van der Waals surface area contributed by atoms with Gasteiger partial charge in [0.25, 0.3) is 5.56 Å². The third-order valence-electron chi connectivity index (χ3n) is 5.49. The van der Waals surface area contributed by atoms with Crippen molar-refractivity contribution in [1.82, 2.24) is 24.5 Å². The number of nitrogen functional groups attached to an aromatic ring is 1. The van der Waals surface area contributed by atoms with Crippen LogP contribution in [0.4, 0.5) is 4.39 Å². The summed E-state index contributed by atoms with van der Waals surface area (Å²) < 4.78 is 21.6. The zero-order valence-electron chi connectivity index (χ0n) is 16.9. The Hall–Kier alpha value is -3.72. The van der Waals surface area contributed by atoms with E-state index < -0.39 is 5.82 Å². The summed E-state index contributed by atoms with van der Waals surface area (Å²) in [5.41, 5.74) is 3.14. The van der Waals surface area contributed by atoms with E-state index in [1.165, 1.54) is 22.8 Å². The Kier molecular flexibility index (Phi) is 4.67. The average molecular weight is 420 g/mol. The molecule has 3 N–H and O–H groups in total. The van der Waals surface area contributed by atoms with Gasteiger partial charge in [-0.2, -0.15) is 0 Å². The molecule has 0 amide bonds. The topological polar surface area (TPSA) is 100.0 Å². The Bertz CT molecular complexity index is 1330. The second-order valence-electron chi connectivity index (χ2n) is 7.65. The second-order valence-corrected chi connectivity index (χ2v) is 7.65. The van der Waals surface area contributed by atoms with Gasteiger partial charge in [0.05, 0.1) is 11.9 Å². The number of hydrogen-bond donors (Lipinski definition) is 2. The van der Waals surface area contributed by atoms with Gasteiger partial charge in [0.15, 0.2) is 5.65 Å². The van der Waals surface area contributed by atoms with Gasteiger partial charge in [-0.05, 0) is 42.8 Å². The van der Waals surface area contributed by atoms with E-state index in [1.54, 1.807) is 16.9 Å². The molecular formula is C22H21FN6O2. The Morgan fingerprint density at radius 1 is 1.29 bits per heavy atom. The molecule has 8 nitrogen and oxygen atoms in total. The van der Waals surface area contributed by atoms with E-state index in [-0.39, 0.29) is 12.2 Å². The van der Waals surface area contributed by atoms with Crippen LogP contribution in [0.5, 0.6) is 5.75 Å². The maximum absolute atomic E-state index is 12.9. The fourth-order valence-corrected chi connectivity index (χ4v) is 3.87. The molecule has 1 aliphatic rings. The largest absolute Gasteiger partial charge is 0.487 e. The quantitative estimate of drug-likeness (QED) is 0.490. The number of nitrogens with zero attached hydrogens (tertiary/aromatic N) is 4. The summed E-state index contributed by atoms with van der Waals surface area (Å²) in [5.74, 6) is 6.79. The lowest BCUT2D eigenvalue weighted by Gasteiger charge is -2.21. The molecular weight excluding hydrogens is 399 g/mol. The molecule has 0 aromatic carbocycles. The van der Waals surface area contributed by atoms with Crippen LogP contribution in [0.1, 0.15) is 23.9 Å². The van der Waals surface area contributed by atoms with Crippen LogP contribution in [0, 0.1) is 5.82 Å². The van der Waals surface area contributed by atoms with Gasteiger partial charge in [-0.15, -0.1) is 0 Å². The Balaban J connectivity index is 1.43. The van der Waals surface area contributed by atoms with Crippen molar-refractivity contribution in [3.63, 3.8) is 0 Å². The third kappa shape index (κ3) is 3.53. The Morgan fingerprint density at radius 3 is 2.94 bits per heavy atom. The highest BCUT2D eigenvalue weighted by atomic mass is 19.1. The SMILES string of the molecule is CC1Cc2c(c3ccc(-n4ccc(OCc5ccc(F)cn5)cc4=O)nc3n2N)CN1. The van der Waals surface area contributed by atoms with Gasteiger partial charge in [-0.25, -0.2) is 14.1 Å². The Labute approximate surface area is 177 Å². The first-order valence-corrected chi connectivity index (χ1v) is 9.97. The molecule has 0 saturated carbocycles. The molecule has 1 unspecified atom stereocenters. The average Bonchev–Trinajstić information content (AvgIpc) is 3.04. The van der Waals surface area contributed by atoms with Crippen LogP contribution in [-0.2, 0) is 19.6 Å². The number of pyridine rings is 3. The first kappa shape index (κ1) is 19.3. The molecule has 0 fully saturated rings. The van der Waals surface area contributed by atoms with Crippen molar-refractivity contribution >= 4 is 11.0 Å². The van der Waals surface area contributed by atoms with Gasteiger partial charge in [-0.1, -0.05) is 0 Å². The van der Waals surface area contributed by atoms with Crippen LogP contribution >= 0.6 is 0 Å². The van der Waals surface area contributed by atoms with Crippen molar-refractivity contribution in [3.8, 4) is 11.6 Å². The molecule has 1 aliphatic heterocycles. The van der Waals surface area contributed by atoms with Crippen molar-refractivity contribution in [1.29, 1.82) is 0 Å². The maximum Gasteiger partial charge on any atom is 0.259 e. The zero-order valence-corrected chi connectivity index (χ0v) is 16.9. The van der Waals surface area contributed by atoms with E-state index >= 15 is 0 Å². The van der Waals surface area contributed by atoms with Crippen molar-refractivity contribution in [2.45, 2.75) is 32.5 Å². The number of aromatic nitrogens is 4. The number of nitrogens with one attached hydrogen (secondary N) is 1. The van der Waals surface area contributed by atoms with Crippen molar-refractivity contribution in [3.05, 3.63) is 81.9 Å². The molecule has 5 heterocycles. The molecule has 0 spiro atoms. The molecule has 1 atom stereocenters. The minimum atomic E-state index is -0.411.